The molecule has 1 saturated carbocycles. The SMILES string of the molecule is CC(C)CNC(=O)c1ccc(C(=O)N2CCC[C@H]3CCCC[C@@H]32)cc1. The zero-order chi connectivity index (χ0) is 17.8. The van der Waals surface area contributed by atoms with Crippen LogP contribution >= 0.6 is 0 Å². The van der Waals surface area contributed by atoms with Crippen molar-refractivity contribution in [2.24, 2.45) is 11.8 Å². The van der Waals surface area contributed by atoms with Gasteiger partial charge < -0.3 is 10.2 Å². The molecule has 2 fully saturated rings. The van der Waals surface area contributed by atoms with Crippen LogP contribution in [0.4, 0.5) is 0 Å². The van der Waals surface area contributed by atoms with E-state index in [1.807, 2.05) is 0 Å². The van der Waals surface area contributed by atoms with Crippen molar-refractivity contribution in [1.82, 2.24) is 10.2 Å². The Bertz CT molecular complexity index is 607. The third-order valence-electron chi connectivity index (χ3n) is 5.57. The predicted molar refractivity (Wildman–Crippen MR) is 99.6 cm³/mol. The molecule has 2 atom stereocenters. The van der Waals surface area contributed by atoms with E-state index in [9.17, 15) is 9.59 Å². The van der Waals surface area contributed by atoms with Crippen LogP contribution in [0.25, 0.3) is 0 Å². The Balaban J connectivity index is 1.67. The number of carbonyl (C=O) groups excluding carboxylic acids is 2. The zero-order valence-corrected chi connectivity index (χ0v) is 15.5. The van der Waals surface area contributed by atoms with E-state index in [1.165, 1.54) is 25.7 Å². The Kier molecular flexibility index (Phi) is 5.77. The molecule has 1 N–H and O–H groups in total. The summed E-state index contributed by atoms with van der Waals surface area (Å²) >= 11 is 0. The summed E-state index contributed by atoms with van der Waals surface area (Å²) in [5.74, 6) is 1.17. The highest BCUT2D eigenvalue weighted by Crippen LogP contribution is 2.35. The standard InChI is InChI=1S/C21H30N2O2/c1-15(2)14-22-20(24)17-9-11-18(12-10-17)21(25)23-13-5-7-16-6-3-4-8-19(16)23/h9-12,15-16,19H,3-8,13-14H2,1-2H3,(H,22,24)/t16-,19+/m1/s1. The summed E-state index contributed by atoms with van der Waals surface area (Å²) in [5.41, 5.74) is 1.32. The molecule has 136 valence electrons. The average molecular weight is 342 g/mol. The van der Waals surface area contributed by atoms with Crippen LogP contribution in [-0.4, -0.2) is 35.8 Å². The minimum atomic E-state index is -0.0713. The molecule has 3 rings (SSSR count). The van der Waals surface area contributed by atoms with Crippen LogP contribution in [0.1, 0.15) is 73.1 Å². The molecule has 2 amide bonds. The van der Waals surface area contributed by atoms with E-state index in [4.69, 9.17) is 0 Å². The van der Waals surface area contributed by atoms with Gasteiger partial charge in [-0.15, -0.1) is 0 Å². The Morgan fingerprint density at radius 1 is 1.04 bits per heavy atom. The molecule has 1 aliphatic heterocycles. The first-order valence-electron chi connectivity index (χ1n) is 9.75. The summed E-state index contributed by atoms with van der Waals surface area (Å²) in [5, 5.41) is 2.91. The van der Waals surface area contributed by atoms with Crippen molar-refractivity contribution in [3.63, 3.8) is 0 Å². The number of carbonyl (C=O) groups is 2. The van der Waals surface area contributed by atoms with Gasteiger partial charge in [0, 0.05) is 30.3 Å². The van der Waals surface area contributed by atoms with Crippen LogP contribution in [0.15, 0.2) is 24.3 Å². The highest BCUT2D eigenvalue weighted by Gasteiger charge is 2.35. The molecule has 1 aromatic carbocycles. The summed E-state index contributed by atoms with van der Waals surface area (Å²) in [6.07, 6.45) is 7.34. The third-order valence-corrected chi connectivity index (χ3v) is 5.57. The van der Waals surface area contributed by atoms with Gasteiger partial charge >= 0.3 is 0 Å². The van der Waals surface area contributed by atoms with Gasteiger partial charge in [0.05, 0.1) is 0 Å². The largest absolute Gasteiger partial charge is 0.352 e. The van der Waals surface area contributed by atoms with E-state index in [-0.39, 0.29) is 11.8 Å². The molecule has 0 spiro atoms. The molecule has 1 aromatic rings. The molecule has 1 heterocycles. The smallest absolute Gasteiger partial charge is 0.254 e. The predicted octanol–water partition coefficient (Wildman–Crippen LogP) is 3.87. The maximum atomic E-state index is 13.0. The van der Waals surface area contributed by atoms with Gasteiger partial charge in [-0.1, -0.05) is 26.7 Å². The Hall–Kier alpha value is -1.84. The number of likely N-dealkylation sites (tertiary alicyclic amines) is 1. The lowest BCUT2D eigenvalue weighted by Crippen LogP contribution is -2.49. The van der Waals surface area contributed by atoms with Crippen molar-refractivity contribution in [2.45, 2.75) is 58.4 Å². The molecule has 25 heavy (non-hydrogen) atoms. The molecule has 2 aliphatic rings. The quantitative estimate of drug-likeness (QED) is 0.903. The monoisotopic (exact) mass is 342 g/mol. The fraction of sp³-hybridized carbons (Fsp3) is 0.619. The number of benzene rings is 1. The number of hydrogen-bond donors (Lipinski definition) is 1. The van der Waals surface area contributed by atoms with Crippen LogP contribution in [0.2, 0.25) is 0 Å². The normalized spacial score (nSPS) is 23.2. The van der Waals surface area contributed by atoms with Crippen LogP contribution in [0.5, 0.6) is 0 Å². The van der Waals surface area contributed by atoms with Gasteiger partial charge in [0.25, 0.3) is 11.8 Å². The topological polar surface area (TPSA) is 49.4 Å². The van der Waals surface area contributed by atoms with Crippen molar-refractivity contribution < 1.29 is 9.59 Å². The number of rotatable bonds is 4. The molecule has 0 unspecified atom stereocenters. The number of fused-ring (bicyclic) bond motifs is 1. The molecule has 0 bridgehead atoms. The van der Waals surface area contributed by atoms with E-state index >= 15 is 0 Å². The number of piperidine rings is 1. The molecule has 4 nitrogen and oxygen atoms in total. The summed E-state index contributed by atoms with van der Waals surface area (Å²) < 4.78 is 0. The van der Waals surface area contributed by atoms with Crippen LogP contribution in [0.3, 0.4) is 0 Å². The molecule has 0 radical (unpaired) electrons. The van der Waals surface area contributed by atoms with Gasteiger partial charge in [0.1, 0.15) is 0 Å². The fourth-order valence-corrected chi connectivity index (χ4v) is 4.21. The van der Waals surface area contributed by atoms with Crippen LogP contribution in [-0.2, 0) is 0 Å². The minimum Gasteiger partial charge on any atom is -0.352 e. The Labute approximate surface area is 151 Å². The van der Waals surface area contributed by atoms with E-state index in [2.05, 4.69) is 24.1 Å². The maximum Gasteiger partial charge on any atom is 0.254 e. The van der Waals surface area contributed by atoms with Gasteiger partial charge in [-0.05, 0) is 61.8 Å². The van der Waals surface area contributed by atoms with Gasteiger partial charge in [-0.2, -0.15) is 0 Å². The molecule has 4 heteroatoms. The lowest BCUT2D eigenvalue weighted by Gasteiger charge is -2.44. The van der Waals surface area contributed by atoms with Crippen molar-refractivity contribution in [3.8, 4) is 0 Å². The molecule has 0 aromatic heterocycles. The Morgan fingerprint density at radius 3 is 2.40 bits per heavy atom. The van der Waals surface area contributed by atoms with Crippen molar-refractivity contribution in [1.29, 1.82) is 0 Å². The first-order chi connectivity index (χ1) is 12.1. The second-order valence-electron chi connectivity index (χ2n) is 7.93. The van der Waals surface area contributed by atoms with E-state index in [0.29, 0.717) is 35.5 Å². The average Bonchev–Trinajstić information content (AvgIpc) is 2.65. The van der Waals surface area contributed by atoms with E-state index in [1.54, 1.807) is 24.3 Å². The van der Waals surface area contributed by atoms with E-state index in [0.717, 1.165) is 19.4 Å². The van der Waals surface area contributed by atoms with Crippen LogP contribution in [0, 0.1) is 11.8 Å². The molecule has 1 saturated heterocycles. The van der Waals surface area contributed by atoms with Gasteiger partial charge in [-0.3, -0.25) is 9.59 Å². The molecule has 1 aliphatic carbocycles. The summed E-state index contributed by atoms with van der Waals surface area (Å²) in [6, 6.07) is 7.57. The first kappa shape index (κ1) is 18.0. The van der Waals surface area contributed by atoms with Crippen molar-refractivity contribution >= 4 is 11.8 Å². The highest BCUT2D eigenvalue weighted by atomic mass is 16.2. The minimum absolute atomic E-state index is 0.0713. The number of nitrogens with one attached hydrogen (secondary N) is 1. The van der Waals surface area contributed by atoms with Crippen molar-refractivity contribution in [3.05, 3.63) is 35.4 Å². The Morgan fingerprint density at radius 2 is 1.68 bits per heavy atom. The summed E-state index contributed by atoms with van der Waals surface area (Å²) in [7, 11) is 0. The highest BCUT2D eigenvalue weighted by molar-refractivity contribution is 5.98. The third kappa shape index (κ3) is 4.23. The number of nitrogens with zero attached hydrogens (tertiary/aromatic N) is 1. The zero-order valence-electron chi connectivity index (χ0n) is 15.5. The molecular weight excluding hydrogens is 312 g/mol. The summed E-state index contributed by atoms with van der Waals surface area (Å²) in [4.78, 5) is 27.2. The van der Waals surface area contributed by atoms with Gasteiger partial charge in [0.2, 0.25) is 0 Å². The van der Waals surface area contributed by atoms with Crippen LogP contribution < -0.4 is 5.32 Å². The number of amides is 2. The summed E-state index contributed by atoms with van der Waals surface area (Å²) in [6.45, 7) is 5.67. The second kappa shape index (κ2) is 8.03. The first-order valence-corrected chi connectivity index (χ1v) is 9.75. The lowest BCUT2D eigenvalue weighted by molar-refractivity contribution is 0.0390. The van der Waals surface area contributed by atoms with Gasteiger partial charge in [0.15, 0.2) is 0 Å². The fourth-order valence-electron chi connectivity index (χ4n) is 4.21. The lowest BCUT2D eigenvalue weighted by atomic mass is 9.78. The van der Waals surface area contributed by atoms with Gasteiger partial charge in [-0.25, -0.2) is 0 Å². The molecular formula is C21H30N2O2. The number of hydrogen-bond acceptors (Lipinski definition) is 2. The maximum absolute atomic E-state index is 13.0. The van der Waals surface area contributed by atoms with E-state index < -0.39 is 0 Å². The second-order valence-corrected chi connectivity index (χ2v) is 7.93. The van der Waals surface area contributed by atoms with Crippen molar-refractivity contribution in [2.75, 3.05) is 13.1 Å².